The Morgan fingerprint density at radius 1 is 0.971 bits per heavy atom. The molecule has 35 heavy (non-hydrogen) atoms. The second-order valence-electron chi connectivity index (χ2n) is 12.4. The third-order valence-electron chi connectivity index (χ3n) is 9.25. The van der Waals surface area contributed by atoms with Crippen LogP contribution in [0.1, 0.15) is 112 Å². The highest BCUT2D eigenvalue weighted by molar-refractivity contribution is 5.95. The lowest BCUT2D eigenvalue weighted by Gasteiger charge is -2.60. The molecule has 7 heteroatoms. The van der Waals surface area contributed by atoms with Crippen molar-refractivity contribution in [3.63, 3.8) is 0 Å². The molecule has 3 rings (SSSR count). The van der Waals surface area contributed by atoms with Crippen molar-refractivity contribution in [2.24, 2.45) is 29.1 Å². The standard InChI is InChI=1S/C28H42O7/c1-15(2)11-17(22-24(32)18(13-29)23(31)19(14-30)25(22)33)20-8-10-28(6,35)21-12-16(26(3,4)34)7-9-27(20,21)5/h13-17,20-21,31-35H,7-12H2,1-6H3/t16-,17-,20+,21-,27+,28-/m0/s1. The van der Waals surface area contributed by atoms with Crippen molar-refractivity contribution in [1.29, 1.82) is 0 Å². The molecule has 0 spiro atoms. The Balaban J connectivity index is 2.20. The van der Waals surface area contributed by atoms with Gasteiger partial charge in [0.1, 0.15) is 17.2 Å². The molecule has 0 radical (unpaired) electrons. The van der Waals surface area contributed by atoms with Crippen LogP contribution in [0.5, 0.6) is 17.2 Å². The zero-order valence-corrected chi connectivity index (χ0v) is 21.8. The van der Waals surface area contributed by atoms with Gasteiger partial charge in [-0.05, 0) is 94.3 Å². The van der Waals surface area contributed by atoms with E-state index in [1.807, 2.05) is 34.6 Å². The molecule has 0 unspecified atom stereocenters. The summed E-state index contributed by atoms with van der Waals surface area (Å²) in [6, 6.07) is 0. The van der Waals surface area contributed by atoms with Crippen LogP contribution in [-0.4, -0.2) is 49.3 Å². The Hall–Kier alpha value is -2.12. The molecule has 0 aliphatic heterocycles. The van der Waals surface area contributed by atoms with E-state index in [1.165, 1.54) is 0 Å². The van der Waals surface area contributed by atoms with E-state index in [2.05, 4.69) is 6.92 Å². The minimum atomic E-state index is -0.932. The normalized spacial score (nSPS) is 32.2. The number of carbonyl (C=O) groups excluding carboxylic acids is 2. The molecule has 1 aromatic rings. The third-order valence-corrected chi connectivity index (χ3v) is 9.25. The van der Waals surface area contributed by atoms with Crippen molar-refractivity contribution < 1.29 is 35.1 Å². The lowest BCUT2D eigenvalue weighted by molar-refractivity contribution is -0.171. The molecule has 0 saturated heterocycles. The topological polar surface area (TPSA) is 135 Å². The number of phenols is 3. The fraction of sp³-hybridized carbons (Fsp3) is 0.714. The van der Waals surface area contributed by atoms with Crippen LogP contribution in [0, 0.1) is 29.1 Å². The van der Waals surface area contributed by atoms with E-state index in [-0.39, 0.29) is 34.7 Å². The van der Waals surface area contributed by atoms with E-state index >= 15 is 0 Å². The molecule has 2 saturated carbocycles. The molecular formula is C28H42O7. The van der Waals surface area contributed by atoms with Gasteiger partial charge in [-0.15, -0.1) is 0 Å². The van der Waals surface area contributed by atoms with Crippen LogP contribution in [-0.2, 0) is 0 Å². The Morgan fingerprint density at radius 2 is 1.51 bits per heavy atom. The van der Waals surface area contributed by atoms with Crippen LogP contribution in [0.15, 0.2) is 0 Å². The van der Waals surface area contributed by atoms with E-state index in [9.17, 15) is 35.1 Å². The summed E-state index contributed by atoms with van der Waals surface area (Å²) in [5.74, 6) is -2.10. The second kappa shape index (κ2) is 9.40. The van der Waals surface area contributed by atoms with Crippen molar-refractivity contribution in [1.82, 2.24) is 0 Å². The van der Waals surface area contributed by atoms with Crippen LogP contribution in [0.3, 0.4) is 0 Å². The van der Waals surface area contributed by atoms with Gasteiger partial charge in [-0.25, -0.2) is 0 Å². The largest absolute Gasteiger partial charge is 0.507 e. The van der Waals surface area contributed by atoms with Gasteiger partial charge >= 0.3 is 0 Å². The summed E-state index contributed by atoms with van der Waals surface area (Å²) >= 11 is 0. The van der Waals surface area contributed by atoms with Gasteiger partial charge in [0.05, 0.1) is 22.3 Å². The maximum Gasteiger partial charge on any atom is 0.157 e. The van der Waals surface area contributed by atoms with Gasteiger partial charge in [-0.1, -0.05) is 20.8 Å². The van der Waals surface area contributed by atoms with Crippen molar-refractivity contribution in [3.05, 3.63) is 16.7 Å². The van der Waals surface area contributed by atoms with Gasteiger partial charge in [0.25, 0.3) is 0 Å². The number of hydrogen-bond donors (Lipinski definition) is 5. The first-order valence-corrected chi connectivity index (χ1v) is 12.8. The van der Waals surface area contributed by atoms with Crippen molar-refractivity contribution >= 4 is 12.6 Å². The zero-order chi connectivity index (χ0) is 26.5. The molecular weight excluding hydrogens is 448 g/mol. The molecule has 7 nitrogen and oxygen atoms in total. The summed E-state index contributed by atoms with van der Waals surface area (Å²) in [7, 11) is 0. The molecule has 2 aliphatic rings. The van der Waals surface area contributed by atoms with Gasteiger partial charge in [0.15, 0.2) is 12.6 Å². The number of phenolic OH excluding ortho intramolecular Hbond substituents is 3. The minimum absolute atomic E-state index is 0.0353. The molecule has 2 aliphatic carbocycles. The number of aldehydes is 2. The lowest BCUT2D eigenvalue weighted by Crippen LogP contribution is -2.57. The quantitative estimate of drug-likeness (QED) is 0.343. The van der Waals surface area contributed by atoms with Crippen LogP contribution >= 0.6 is 0 Å². The first-order chi connectivity index (χ1) is 16.1. The number of aliphatic hydroxyl groups is 2. The number of hydrogen-bond acceptors (Lipinski definition) is 7. The average Bonchev–Trinajstić information content (AvgIpc) is 2.72. The number of carbonyl (C=O) groups is 2. The predicted octanol–water partition coefficient (Wildman–Crippen LogP) is 4.91. The van der Waals surface area contributed by atoms with E-state index in [4.69, 9.17) is 0 Å². The van der Waals surface area contributed by atoms with Crippen LogP contribution in [0.25, 0.3) is 0 Å². The van der Waals surface area contributed by atoms with Crippen LogP contribution in [0.4, 0.5) is 0 Å². The summed E-state index contributed by atoms with van der Waals surface area (Å²) in [5.41, 5.74) is -2.85. The molecule has 1 aromatic carbocycles. The van der Waals surface area contributed by atoms with Crippen molar-refractivity contribution in [2.75, 3.05) is 0 Å². The summed E-state index contributed by atoms with van der Waals surface area (Å²) in [6.07, 6.45) is 4.53. The van der Waals surface area contributed by atoms with Gasteiger partial charge in [-0.2, -0.15) is 0 Å². The molecule has 0 bridgehead atoms. The number of benzene rings is 1. The molecule has 2 fully saturated rings. The Labute approximate surface area is 208 Å². The summed E-state index contributed by atoms with van der Waals surface area (Å²) in [4.78, 5) is 23.5. The number of fused-ring (bicyclic) bond motifs is 1. The SMILES string of the molecule is CC(C)C[C@H](c1c(O)c(C=O)c(O)c(C=O)c1O)[C@H]1CC[C@](C)(O)[C@H]2C[C@@H](C(C)(C)O)CC[C@]12C. The number of rotatable bonds is 7. The summed E-state index contributed by atoms with van der Waals surface area (Å²) in [6.45, 7) is 11.7. The average molecular weight is 491 g/mol. The van der Waals surface area contributed by atoms with E-state index < -0.39 is 45.5 Å². The van der Waals surface area contributed by atoms with Crippen LogP contribution < -0.4 is 0 Å². The van der Waals surface area contributed by atoms with E-state index in [1.54, 1.807) is 0 Å². The van der Waals surface area contributed by atoms with Crippen LogP contribution in [0.2, 0.25) is 0 Å². The zero-order valence-electron chi connectivity index (χ0n) is 21.8. The van der Waals surface area contributed by atoms with E-state index in [0.29, 0.717) is 38.3 Å². The monoisotopic (exact) mass is 490 g/mol. The molecule has 6 atom stereocenters. The van der Waals surface area contributed by atoms with Gasteiger partial charge in [0.2, 0.25) is 0 Å². The Kier molecular flexibility index (Phi) is 7.37. The highest BCUT2D eigenvalue weighted by atomic mass is 16.3. The molecule has 0 aromatic heterocycles. The summed E-state index contributed by atoms with van der Waals surface area (Å²) in [5, 5.41) is 54.7. The first-order valence-electron chi connectivity index (χ1n) is 12.8. The maximum absolute atomic E-state index is 11.7. The van der Waals surface area contributed by atoms with Gasteiger partial charge < -0.3 is 25.5 Å². The first kappa shape index (κ1) is 27.5. The van der Waals surface area contributed by atoms with Crippen molar-refractivity contribution in [2.45, 2.75) is 97.2 Å². The summed E-state index contributed by atoms with van der Waals surface area (Å²) < 4.78 is 0. The highest BCUT2D eigenvalue weighted by Gasteiger charge is 2.58. The molecule has 196 valence electrons. The number of aromatic hydroxyl groups is 3. The van der Waals surface area contributed by atoms with E-state index in [0.717, 1.165) is 12.8 Å². The third kappa shape index (κ3) is 4.69. The highest BCUT2D eigenvalue weighted by Crippen LogP contribution is 2.64. The molecule has 5 N–H and O–H groups in total. The predicted molar refractivity (Wildman–Crippen MR) is 133 cm³/mol. The second-order valence-corrected chi connectivity index (χ2v) is 12.4. The van der Waals surface area contributed by atoms with Gasteiger partial charge in [-0.3, -0.25) is 9.59 Å². The molecule has 0 amide bonds. The smallest absolute Gasteiger partial charge is 0.157 e. The fourth-order valence-corrected chi connectivity index (χ4v) is 7.33. The van der Waals surface area contributed by atoms with Crippen molar-refractivity contribution in [3.8, 4) is 17.2 Å². The Bertz CT molecular complexity index is 939. The minimum Gasteiger partial charge on any atom is -0.507 e. The maximum atomic E-state index is 11.7. The molecule has 0 heterocycles. The fourth-order valence-electron chi connectivity index (χ4n) is 7.33. The lowest BCUT2D eigenvalue weighted by atomic mass is 9.46. The Morgan fingerprint density at radius 3 is 1.97 bits per heavy atom. The van der Waals surface area contributed by atoms with Gasteiger partial charge in [0, 0.05) is 5.56 Å².